The molecule has 0 aliphatic rings. The number of benzene rings is 2. The van der Waals surface area contributed by atoms with Crippen LogP contribution in [0.1, 0.15) is 5.56 Å². The SMILES string of the molecule is CN(C)[C@H](CNC(=O)COc1cccc(Br)c1)Cc1ccccc1. The standard InChI is InChI=1S/C19H23BrN2O2/c1-22(2)17(11-15-7-4-3-5-8-15)13-21-19(23)14-24-18-10-6-9-16(20)12-18/h3-10,12,17H,11,13-14H2,1-2H3,(H,21,23)/t17-/m0/s1. The first-order valence-corrected chi connectivity index (χ1v) is 8.69. The molecule has 0 radical (unpaired) electrons. The first-order chi connectivity index (χ1) is 11.5. The van der Waals surface area contributed by atoms with Crippen LogP contribution in [-0.4, -0.2) is 44.1 Å². The van der Waals surface area contributed by atoms with E-state index in [0.717, 1.165) is 10.9 Å². The molecule has 4 nitrogen and oxygen atoms in total. The van der Waals surface area contributed by atoms with Gasteiger partial charge in [0.2, 0.25) is 0 Å². The highest BCUT2D eigenvalue weighted by Gasteiger charge is 2.14. The molecule has 5 heteroatoms. The average molecular weight is 391 g/mol. The zero-order valence-corrected chi connectivity index (χ0v) is 15.6. The van der Waals surface area contributed by atoms with Crippen LogP contribution in [0.3, 0.4) is 0 Å². The fourth-order valence-corrected chi connectivity index (χ4v) is 2.69. The van der Waals surface area contributed by atoms with Gasteiger partial charge in [-0.25, -0.2) is 0 Å². The number of amides is 1. The highest BCUT2D eigenvalue weighted by atomic mass is 79.9. The van der Waals surface area contributed by atoms with E-state index in [2.05, 4.69) is 38.3 Å². The molecule has 0 aliphatic carbocycles. The largest absolute Gasteiger partial charge is 0.484 e. The van der Waals surface area contributed by atoms with Gasteiger partial charge in [0.05, 0.1) is 0 Å². The minimum Gasteiger partial charge on any atom is -0.484 e. The summed E-state index contributed by atoms with van der Waals surface area (Å²) in [5.41, 5.74) is 1.26. The molecule has 128 valence electrons. The van der Waals surface area contributed by atoms with Crippen molar-refractivity contribution < 1.29 is 9.53 Å². The third-order valence-electron chi connectivity index (χ3n) is 3.75. The number of ether oxygens (including phenoxy) is 1. The second-order valence-corrected chi connectivity index (χ2v) is 6.77. The van der Waals surface area contributed by atoms with Crippen LogP contribution in [0.15, 0.2) is 59.1 Å². The van der Waals surface area contributed by atoms with E-state index >= 15 is 0 Å². The lowest BCUT2D eigenvalue weighted by molar-refractivity contribution is -0.123. The number of nitrogens with one attached hydrogen (secondary N) is 1. The number of carbonyl (C=O) groups is 1. The summed E-state index contributed by atoms with van der Waals surface area (Å²) < 4.78 is 6.43. The maximum atomic E-state index is 12.0. The molecule has 2 aromatic rings. The Morgan fingerprint density at radius 1 is 1.17 bits per heavy atom. The van der Waals surface area contributed by atoms with Crippen molar-refractivity contribution in [2.24, 2.45) is 0 Å². The lowest BCUT2D eigenvalue weighted by Gasteiger charge is -2.24. The van der Waals surface area contributed by atoms with E-state index in [1.54, 1.807) is 0 Å². The Morgan fingerprint density at radius 2 is 1.92 bits per heavy atom. The highest BCUT2D eigenvalue weighted by Crippen LogP contribution is 2.17. The highest BCUT2D eigenvalue weighted by molar-refractivity contribution is 9.10. The minimum absolute atomic E-state index is 0.0158. The molecule has 1 N–H and O–H groups in total. The van der Waals surface area contributed by atoms with Gasteiger partial charge in [-0.3, -0.25) is 4.79 Å². The quantitative estimate of drug-likeness (QED) is 0.752. The Hall–Kier alpha value is -1.85. The fourth-order valence-electron chi connectivity index (χ4n) is 2.31. The number of halogens is 1. The van der Waals surface area contributed by atoms with Gasteiger partial charge in [-0.1, -0.05) is 52.3 Å². The first kappa shape index (κ1) is 18.5. The predicted molar refractivity (Wildman–Crippen MR) is 100 cm³/mol. The van der Waals surface area contributed by atoms with Gasteiger partial charge in [-0.2, -0.15) is 0 Å². The third-order valence-corrected chi connectivity index (χ3v) is 4.24. The van der Waals surface area contributed by atoms with Gasteiger partial charge in [0.15, 0.2) is 6.61 Å². The molecular weight excluding hydrogens is 368 g/mol. The van der Waals surface area contributed by atoms with E-state index < -0.39 is 0 Å². The summed E-state index contributed by atoms with van der Waals surface area (Å²) in [6.45, 7) is 0.602. The van der Waals surface area contributed by atoms with Gasteiger partial charge in [0.1, 0.15) is 5.75 Å². The van der Waals surface area contributed by atoms with Crippen molar-refractivity contribution in [2.75, 3.05) is 27.2 Å². The number of nitrogens with zero attached hydrogens (tertiary/aromatic N) is 1. The first-order valence-electron chi connectivity index (χ1n) is 7.90. The number of rotatable bonds is 8. The zero-order chi connectivity index (χ0) is 17.4. The molecule has 0 bridgehead atoms. The Kier molecular flexibility index (Phi) is 7.28. The molecule has 2 rings (SSSR count). The Labute approximate surface area is 151 Å². The Balaban J connectivity index is 1.79. The molecule has 0 saturated carbocycles. The summed E-state index contributed by atoms with van der Waals surface area (Å²) in [7, 11) is 4.05. The molecule has 0 unspecified atom stereocenters. The van der Waals surface area contributed by atoms with Crippen LogP contribution < -0.4 is 10.1 Å². The van der Waals surface area contributed by atoms with Crippen LogP contribution in [0.25, 0.3) is 0 Å². The molecule has 0 aromatic heterocycles. The summed E-state index contributed by atoms with van der Waals surface area (Å²) in [6.07, 6.45) is 0.889. The molecular formula is C19H23BrN2O2. The smallest absolute Gasteiger partial charge is 0.257 e. The summed E-state index contributed by atoms with van der Waals surface area (Å²) in [5, 5.41) is 2.95. The lowest BCUT2D eigenvalue weighted by Crippen LogP contribution is -2.42. The average Bonchev–Trinajstić information content (AvgIpc) is 2.57. The molecule has 1 atom stereocenters. The molecule has 1 amide bonds. The van der Waals surface area contributed by atoms with Gasteiger partial charge in [-0.05, 0) is 44.3 Å². The maximum absolute atomic E-state index is 12.0. The number of carbonyl (C=O) groups excluding carboxylic acids is 1. The van der Waals surface area contributed by atoms with Gasteiger partial charge >= 0.3 is 0 Å². The Morgan fingerprint density at radius 3 is 2.58 bits per heavy atom. The fraction of sp³-hybridized carbons (Fsp3) is 0.316. The van der Waals surface area contributed by atoms with E-state index in [0.29, 0.717) is 12.3 Å². The van der Waals surface area contributed by atoms with E-state index in [4.69, 9.17) is 4.74 Å². The summed E-state index contributed by atoms with van der Waals surface area (Å²) in [4.78, 5) is 14.1. The van der Waals surface area contributed by atoms with Crippen LogP contribution in [0.2, 0.25) is 0 Å². The predicted octanol–water partition coefficient (Wildman–Crippen LogP) is 3.12. The van der Waals surface area contributed by atoms with Crippen molar-refractivity contribution in [3.05, 3.63) is 64.6 Å². The van der Waals surface area contributed by atoms with Crippen LogP contribution >= 0.6 is 15.9 Å². The van der Waals surface area contributed by atoms with Crippen molar-refractivity contribution in [1.29, 1.82) is 0 Å². The summed E-state index contributed by atoms with van der Waals surface area (Å²) >= 11 is 3.38. The van der Waals surface area contributed by atoms with Crippen molar-refractivity contribution in [1.82, 2.24) is 10.2 Å². The van der Waals surface area contributed by atoms with Crippen molar-refractivity contribution >= 4 is 21.8 Å². The van der Waals surface area contributed by atoms with E-state index in [1.165, 1.54) is 5.56 Å². The minimum atomic E-state index is -0.116. The number of likely N-dealkylation sites (N-methyl/N-ethyl adjacent to an activating group) is 1. The number of hydrogen-bond donors (Lipinski definition) is 1. The molecule has 24 heavy (non-hydrogen) atoms. The summed E-state index contributed by atoms with van der Waals surface area (Å²) in [5.74, 6) is 0.558. The van der Waals surface area contributed by atoms with Crippen LogP contribution in [-0.2, 0) is 11.2 Å². The second-order valence-electron chi connectivity index (χ2n) is 5.86. The van der Waals surface area contributed by atoms with Gasteiger partial charge in [-0.15, -0.1) is 0 Å². The van der Waals surface area contributed by atoms with Crippen molar-refractivity contribution in [3.63, 3.8) is 0 Å². The van der Waals surface area contributed by atoms with Crippen LogP contribution in [0.5, 0.6) is 5.75 Å². The van der Waals surface area contributed by atoms with Crippen LogP contribution in [0, 0.1) is 0 Å². The normalized spacial score (nSPS) is 12.0. The molecule has 0 fully saturated rings. The number of hydrogen-bond acceptors (Lipinski definition) is 3. The van der Waals surface area contributed by atoms with E-state index in [-0.39, 0.29) is 18.6 Å². The molecule has 0 saturated heterocycles. The molecule has 0 aliphatic heterocycles. The summed E-state index contributed by atoms with van der Waals surface area (Å²) in [6, 6.07) is 18.0. The van der Waals surface area contributed by atoms with E-state index in [9.17, 15) is 4.79 Å². The van der Waals surface area contributed by atoms with E-state index in [1.807, 2.05) is 56.6 Å². The molecule has 0 spiro atoms. The molecule has 0 heterocycles. The van der Waals surface area contributed by atoms with Crippen LogP contribution in [0.4, 0.5) is 0 Å². The van der Waals surface area contributed by atoms with Crippen molar-refractivity contribution in [2.45, 2.75) is 12.5 Å². The maximum Gasteiger partial charge on any atom is 0.257 e. The van der Waals surface area contributed by atoms with Gasteiger partial charge in [0.25, 0.3) is 5.91 Å². The Bertz CT molecular complexity index is 647. The zero-order valence-electron chi connectivity index (χ0n) is 14.0. The molecule has 2 aromatic carbocycles. The monoisotopic (exact) mass is 390 g/mol. The lowest BCUT2D eigenvalue weighted by atomic mass is 10.1. The van der Waals surface area contributed by atoms with Crippen molar-refractivity contribution in [3.8, 4) is 5.75 Å². The van der Waals surface area contributed by atoms with Gasteiger partial charge < -0.3 is 15.0 Å². The second kappa shape index (κ2) is 9.45. The topological polar surface area (TPSA) is 41.6 Å². The third kappa shape index (κ3) is 6.34. The van der Waals surface area contributed by atoms with Gasteiger partial charge in [0, 0.05) is 17.1 Å².